The highest BCUT2D eigenvalue weighted by atomic mass is 19.4. The summed E-state index contributed by atoms with van der Waals surface area (Å²) >= 11 is 0. The molecular formula is C6H8F3NO4. The van der Waals surface area contributed by atoms with E-state index in [4.69, 9.17) is 15.0 Å². The van der Waals surface area contributed by atoms with Crippen molar-refractivity contribution in [3.8, 4) is 0 Å². The van der Waals surface area contributed by atoms with Crippen LogP contribution in [0.1, 0.15) is 0 Å². The van der Waals surface area contributed by atoms with Gasteiger partial charge in [-0.15, -0.1) is 0 Å². The number of carboxylic acid groups (broad SMARTS) is 1. The summed E-state index contributed by atoms with van der Waals surface area (Å²) < 4.78 is 31.7. The van der Waals surface area contributed by atoms with Gasteiger partial charge in [-0.3, -0.25) is 4.79 Å². The average molecular weight is 215 g/mol. The third kappa shape index (κ3) is 4.65. The first-order valence-corrected chi connectivity index (χ1v) is 3.45. The van der Waals surface area contributed by atoms with Gasteiger partial charge in [-0.1, -0.05) is 0 Å². The Hall–Kier alpha value is -1.31. The van der Waals surface area contributed by atoms with Crippen molar-refractivity contribution in [2.75, 3.05) is 13.1 Å². The number of amides is 1. The quantitative estimate of drug-likeness (QED) is 0.575. The van der Waals surface area contributed by atoms with E-state index in [-0.39, 0.29) is 6.10 Å². The molecule has 0 aromatic carbocycles. The molecule has 2 N–H and O–H groups in total. The number of likely N-dealkylation sites (tertiary alicyclic amines) is 1. The third-order valence-corrected chi connectivity index (χ3v) is 1.28. The van der Waals surface area contributed by atoms with Gasteiger partial charge < -0.3 is 15.1 Å². The molecule has 1 heterocycles. The van der Waals surface area contributed by atoms with Gasteiger partial charge >= 0.3 is 12.1 Å². The van der Waals surface area contributed by atoms with Crippen molar-refractivity contribution in [2.24, 2.45) is 0 Å². The Morgan fingerprint density at radius 1 is 1.43 bits per heavy atom. The maximum Gasteiger partial charge on any atom is 0.490 e. The number of hydrogen-bond donors (Lipinski definition) is 2. The van der Waals surface area contributed by atoms with Gasteiger partial charge in [0, 0.05) is 13.1 Å². The SMILES string of the molecule is O=C(O)C(F)(F)F.O=CN1CC(O)C1. The molecule has 0 atom stereocenters. The van der Waals surface area contributed by atoms with E-state index in [1.807, 2.05) is 0 Å². The summed E-state index contributed by atoms with van der Waals surface area (Å²) in [4.78, 5) is 20.2. The first-order chi connectivity index (χ1) is 6.27. The molecule has 0 bridgehead atoms. The molecule has 1 aliphatic rings. The minimum Gasteiger partial charge on any atom is -0.475 e. The zero-order valence-corrected chi connectivity index (χ0v) is 6.86. The monoisotopic (exact) mass is 215 g/mol. The number of nitrogens with zero attached hydrogens (tertiary/aromatic N) is 1. The average Bonchev–Trinajstić information content (AvgIpc) is 1.98. The molecule has 0 saturated carbocycles. The molecular weight excluding hydrogens is 207 g/mol. The number of rotatable bonds is 1. The van der Waals surface area contributed by atoms with Gasteiger partial charge in [0.05, 0.1) is 6.10 Å². The van der Waals surface area contributed by atoms with Crippen molar-refractivity contribution in [2.45, 2.75) is 12.3 Å². The minimum absolute atomic E-state index is 0.259. The van der Waals surface area contributed by atoms with E-state index in [9.17, 15) is 18.0 Å². The lowest BCUT2D eigenvalue weighted by Gasteiger charge is -2.31. The van der Waals surface area contributed by atoms with Crippen LogP contribution in [-0.4, -0.2) is 52.9 Å². The van der Waals surface area contributed by atoms with E-state index in [1.54, 1.807) is 0 Å². The Morgan fingerprint density at radius 2 is 1.79 bits per heavy atom. The van der Waals surface area contributed by atoms with E-state index < -0.39 is 12.1 Å². The fourth-order valence-corrected chi connectivity index (χ4v) is 0.574. The molecule has 0 radical (unpaired) electrons. The van der Waals surface area contributed by atoms with Crippen LogP contribution in [0.3, 0.4) is 0 Å². The van der Waals surface area contributed by atoms with Crippen molar-refractivity contribution in [1.82, 2.24) is 4.90 Å². The highest BCUT2D eigenvalue weighted by Gasteiger charge is 2.38. The zero-order valence-electron chi connectivity index (χ0n) is 6.86. The van der Waals surface area contributed by atoms with Gasteiger partial charge in [0.25, 0.3) is 0 Å². The highest BCUT2D eigenvalue weighted by Crippen LogP contribution is 2.13. The van der Waals surface area contributed by atoms with Gasteiger partial charge in [-0.25, -0.2) is 4.79 Å². The minimum atomic E-state index is -5.08. The Labute approximate surface area is 76.7 Å². The molecule has 8 heteroatoms. The Morgan fingerprint density at radius 3 is 1.86 bits per heavy atom. The smallest absolute Gasteiger partial charge is 0.475 e. The van der Waals surface area contributed by atoms with Crippen molar-refractivity contribution >= 4 is 12.4 Å². The maximum absolute atomic E-state index is 10.6. The van der Waals surface area contributed by atoms with Crippen LogP contribution < -0.4 is 0 Å². The summed E-state index contributed by atoms with van der Waals surface area (Å²) in [7, 11) is 0. The summed E-state index contributed by atoms with van der Waals surface area (Å²) in [5.74, 6) is -2.76. The van der Waals surface area contributed by atoms with Crippen molar-refractivity contribution in [3.63, 3.8) is 0 Å². The molecule has 5 nitrogen and oxygen atoms in total. The Kier molecular flexibility index (Phi) is 4.35. The van der Waals surface area contributed by atoms with Gasteiger partial charge in [0.1, 0.15) is 0 Å². The van der Waals surface area contributed by atoms with Gasteiger partial charge in [0.2, 0.25) is 6.41 Å². The lowest BCUT2D eigenvalue weighted by Crippen LogP contribution is -2.49. The fraction of sp³-hybridized carbons (Fsp3) is 0.667. The van der Waals surface area contributed by atoms with Crippen LogP contribution >= 0.6 is 0 Å². The Balaban J connectivity index is 0.000000241. The molecule has 1 rings (SSSR count). The largest absolute Gasteiger partial charge is 0.490 e. The van der Waals surface area contributed by atoms with Crippen molar-refractivity contribution in [3.05, 3.63) is 0 Å². The standard InChI is InChI=1S/C4H7NO2.C2HF3O2/c6-3-5-1-4(7)2-5;3-2(4,5)1(6)7/h3-4,7H,1-2H2;(H,6,7). The van der Waals surface area contributed by atoms with Crippen LogP contribution in [0.15, 0.2) is 0 Å². The van der Waals surface area contributed by atoms with E-state index in [2.05, 4.69) is 0 Å². The number of aliphatic carboxylic acids is 1. The molecule has 0 aliphatic carbocycles. The van der Waals surface area contributed by atoms with Gasteiger partial charge in [-0.2, -0.15) is 13.2 Å². The fourth-order valence-electron chi connectivity index (χ4n) is 0.574. The molecule has 1 amide bonds. The number of carboxylic acids is 1. The summed E-state index contributed by atoms with van der Waals surface area (Å²) in [6.07, 6.45) is -4.60. The second kappa shape index (κ2) is 4.80. The normalized spacial score (nSPS) is 16.4. The Bertz CT molecular complexity index is 212. The lowest BCUT2D eigenvalue weighted by atomic mass is 10.2. The molecule has 1 saturated heterocycles. The first-order valence-electron chi connectivity index (χ1n) is 3.45. The number of carbonyl (C=O) groups is 2. The van der Waals surface area contributed by atoms with E-state index >= 15 is 0 Å². The molecule has 1 aliphatic heterocycles. The van der Waals surface area contributed by atoms with Crippen LogP contribution in [0.4, 0.5) is 13.2 Å². The number of aliphatic hydroxyl groups excluding tert-OH is 1. The molecule has 14 heavy (non-hydrogen) atoms. The number of hydrogen-bond acceptors (Lipinski definition) is 3. The number of alkyl halides is 3. The molecule has 0 aromatic rings. The molecule has 82 valence electrons. The topological polar surface area (TPSA) is 77.8 Å². The highest BCUT2D eigenvalue weighted by molar-refractivity contribution is 5.73. The van der Waals surface area contributed by atoms with Gasteiger partial charge in [0.15, 0.2) is 0 Å². The summed E-state index contributed by atoms with van der Waals surface area (Å²) in [6, 6.07) is 0. The zero-order chi connectivity index (χ0) is 11.4. The summed E-state index contributed by atoms with van der Waals surface area (Å²) in [5, 5.41) is 15.7. The lowest BCUT2D eigenvalue weighted by molar-refractivity contribution is -0.192. The number of β-amino-alcohol motifs (C(OH)–C–C–N with tert-alkyl or cyclic N) is 1. The molecule has 1 fully saturated rings. The third-order valence-electron chi connectivity index (χ3n) is 1.28. The van der Waals surface area contributed by atoms with Crippen LogP contribution in [0.5, 0.6) is 0 Å². The first kappa shape index (κ1) is 12.7. The van der Waals surface area contributed by atoms with Crippen LogP contribution in [-0.2, 0) is 9.59 Å². The van der Waals surface area contributed by atoms with Crippen molar-refractivity contribution in [1.29, 1.82) is 0 Å². The van der Waals surface area contributed by atoms with Gasteiger partial charge in [-0.05, 0) is 0 Å². The predicted octanol–water partition coefficient (Wildman–Crippen LogP) is -0.547. The van der Waals surface area contributed by atoms with E-state index in [1.165, 1.54) is 4.90 Å². The maximum atomic E-state index is 10.6. The molecule has 0 aromatic heterocycles. The predicted molar refractivity (Wildman–Crippen MR) is 37.3 cm³/mol. The van der Waals surface area contributed by atoms with Crippen LogP contribution in [0.25, 0.3) is 0 Å². The van der Waals surface area contributed by atoms with Crippen LogP contribution in [0.2, 0.25) is 0 Å². The number of aliphatic hydroxyl groups is 1. The second-order valence-electron chi connectivity index (χ2n) is 2.52. The van der Waals surface area contributed by atoms with Crippen LogP contribution in [0, 0.1) is 0 Å². The number of halogens is 3. The summed E-state index contributed by atoms with van der Waals surface area (Å²) in [6.45, 7) is 1.03. The molecule has 0 unspecified atom stereocenters. The second-order valence-corrected chi connectivity index (χ2v) is 2.52. The van der Waals surface area contributed by atoms with Crippen molar-refractivity contribution < 1.29 is 33.0 Å². The molecule has 0 spiro atoms. The van der Waals surface area contributed by atoms with E-state index in [0.717, 1.165) is 6.41 Å². The number of carbonyl (C=O) groups excluding carboxylic acids is 1. The van der Waals surface area contributed by atoms with E-state index in [0.29, 0.717) is 13.1 Å². The summed E-state index contributed by atoms with van der Waals surface area (Å²) in [5.41, 5.74) is 0.